The predicted molar refractivity (Wildman–Crippen MR) is 93.4 cm³/mol. The average molecular weight is 318 g/mol. The molecule has 2 aromatic rings. The van der Waals surface area contributed by atoms with E-state index in [9.17, 15) is 0 Å². The van der Waals surface area contributed by atoms with Gasteiger partial charge >= 0.3 is 0 Å². The molecule has 116 valence electrons. The van der Waals surface area contributed by atoms with E-state index in [-0.39, 0.29) is 0 Å². The van der Waals surface area contributed by atoms with E-state index in [1.54, 1.807) is 6.07 Å². The molecule has 0 spiro atoms. The minimum absolute atomic E-state index is 0.536. The molecule has 6 heteroatoms. The molecule has 1 heterocycles. The third-order valence-electron chi connectivity index (χ3n) is 2.93. The van der Waals surface area contributed by atoms with E-state index in [0.717, 1.165) is 41.3 Å². The lowest BCUT2D eigenvalue weighted by molar-refractivity contribution is 1.03. The maximum absolute atomic E-state index is 6.27. The summed E-state index contributed by atoms with van der Waals surface area (Å²) >= 11 is 6.27. The first-order chi connectivity index (χ1) is 10.7. The molecular weight excluding hydrogens is 298 g/mol. The van der Waals surface area contributed by atoms with Gasteiger partial charge in [-0.25, -0.2) is 9.97 Å². The average Bonchev–Trinajstić information content (AvgIpc) is 2.50. The SMILES string of the molecule is CCNc1nc2cc(Cl)c(C#CCCN)cc2nc1NCC. The summed E-state index contributed by atoms with van der Waals surface area (Å²) in [5.41, 5.74) is 7.70. The highest BCUT2D eigenvalue weighted by molar-refractivity contribution is 6.32. The number of benzene rings is 1. The number of hydrogen-bond acceptors (Lipinski definition) is 5. The summed E-state index contributed by atoms with van der Waals surface area (Å²) in [5.74, 6) is 7.49. The lowest BCUT2D eigenvalue weighted by Crippen LogP contribution is -2.08. The lowest BCUT2D eigenvalue weighted by atomic mass is 10.2. The molecule has 0 fully saturated rings. The molecule has 0 atom stereocenters. The third kappa shape index (κ3) is 3.79. The van der Waals surface area contributed by atoms with Gasteiger partial charge in [-0.3, -0.25) is 0 Å². The number of fused-ring (bicyclic) bond motifs is 1. The van der Waals surface area contributed by atoms with Gasteiger partial charge in [-0.2, -0.15) is 0 Å². The third-order valence-corrected chi connectivity index (χ3v) is 3.25. The van der Waals surface area contributed by atoms with E-state index in [4.69, 9.17) is 17.3 Å². The summed E-state index contributed by atoms with van der Waals surface area (Å²) in [6.07, 6.45) is 0.641. The van der Waals surface area contributed by atoms with E-state index >= 15 is 0 Å². The van der Waals surface area contributed by atoms with Gasteiger partial charge in [0.2, 0.25) is 0 Å². The molecule has 0 aliphatic rings. The zero-order chi connectivity index (χ0) is 15.9. The van der Waals surface area contributed by atoms with Crippen molar-refractivity contribution in [2.45, 2.75) is 20.3 Å². The van der Waals surface area contributed by atoms with Gasteiger partial charge in [0.1, 0.15) is 0 Å². The molecule has 0 saturated carbocycles. The quantitative estimate of drug-likeness (QED) is 0.739. The first-order valence-electron chi connectivity index (χ1n) is 7.37. The van der Waals surface area contributed by atoms with Gasteiger partial charge in [0.15, 0.2) is 11.6 Å². The maximum Gasteiger partial charge on any atom is 0.169 e. The van der Waals surface area contributed by atoms with Crippen LogP contribution in [0.1, 0.15) is 25.8 Å². The Morgan fingerprint density at radius 1 is 1.09 bits per heavy atom. The van der Waals surface area contributed by atoms with Crippen molar-refractivity contribution < 1.29 is 0 Å². The topological polar surface area (TPSA) is 75.9 Å². The largest absolute Gasteiger partial charge is 0.367 e. The van der Waals surface area contributed by atoms with Crippen LogP contribution in [0.5, 0.6) is 0 Å². The standard InChI is InChI=1S/C16H20ClN5/c1-3-19-15-16(20-4-2)22-14-10-12(17)11(7-5-6-8-18)9-13(14)21-15/h9-10H,3-4,6,8,18H2,1-2H3,(H,19,21)(H,20,22). The molecule has 22 heavy (non-hydrogen) atoms. The predicted octanol–water partition coefficient (Wildman–Crippen LogP) is 2.85. The van der Waals surface area contributed by atoms with Crippen molar-refractivity contribution >= 4 is 34.3 Å². The van der Waals surface area contributed by atoms with Crippen molar-refractivity contribution in [3.63, 3.8) is 0 Å². The number of nitrogens with zero attached hydrogens (tertiary/aromatic N) is 2. The summed E-state index contributed by atoms with van der Waals surface area (Å²) in [6.45, 7) is 6.12. The molecule has 5 nitrogen and oxygen atoms in total. The van der Waals surface area contributed by atoms with Gasteiger partial charge in [-0.05, 0) is 26.0 Å². The second-order valence-electron chi connectivity index (χ2n) is 4.64. The van der Waals surface area contributed by atoms with Crippen LogP contribution in [-0.4, -0.2) is 29.6 Å². The number of nitrogens with one attached hydrogen (secondary N) is 2. The van der Waals surface area contributed by atoms with Crippen LogP contribution >= 0.6 is 11.6 Å². The Labute approximate surface area is 135 Å². The fraction of sp³-hybridized carbons (Fsp3) is 0.375. The Balaban J connectivity index is 2.51. The monoisotopic (exact) mass is 317 g/mol. The van der Waals surface area contributed by atoms with Crippen molar-refractivity contribution in [2.24, 2.45) is 5.73 Å². The van der Waals surface area contributed by atoms with Crippen molar-refractivity contribution in [3.05, 3.63) is 22.7 Å². The number of anilines is 2. The Kier molecular flexibility index (Phi) is 5.82. The molecule has 0 radical (unpaired) electrons. The molecule has 1 aromatic heterocycles. The Morgan fingerprint density at radius 3 is 2.23 bits per heavy atom. The van der Waals surface area contributed by atoms with E-state index in [2.05, 4.69) is 32.4 Å². The Bertz CT molecular complexity index is 718. The van der Waals surface area contributed by atoms with Gasteiger partial charge in [-0.15, -0.1) is 0 Å². The van der Waals surface area contributed by atoms with Gasteiger partial charge in [0.05, 0.1) is 16.1 Å². The Morgan fingerprint density at radius 2 is 1.68 bits per heavy atom. The fourth-order valence-corrected chi connectivity index (χ4v) is 2.19. The number of aromatic nitrogens is 2. The second-order valence-corrected chi connectivity index (χ2v) is 5.05. The molecule has 0 bridgehead atoms. The number of nitrogens with two attached hydrogens (primary N) is 1. The highest BCUT2D eigenvalue weighted by Gasteiger charge is 2.10. The molecule has 1 aromatic carbocycles. The van der Waals surface area contributed by atoms with Crippen LogP contribution in [0.25, 0.3) is 11.0 Å². The summed E-state index contributed by atoms with van der Waals surface area (Å²) in [6, 6.07) is 3.66. The maximum atomic E-state index is 6.27. The fourth-order valence-electron chi connectivity index (χ4n) is 1.98. The highest BCUT2D eigenvalue weighted by Crippen LogP contribution is 2.26. The van der Waals surface area contributed by atoms with Gasteiger partial charge < -0.3 is 16.4 Å². The number of hydrogen-bond donors (Lipinski definition) is 3. The smallest absolute Gasteiger partial charge is 0.169 e. The van der Waals surface area contributed by atoms with Crippen LogP contribution < -0.4 is 16.4 Å². The normalized spacial score (nSPS) is 10.2. The molecule has 4 N–H and O–H groups in total. The first kappa shape index (κ1) is 16.3. The van der Waals surface area contributed by atoms with E-state index in [1.165, 1.54) is 0 Å². The molecule has 2 rings (SSSR count). The molecule has 0 aliphatic heterocycles. The number of halogens is 1. The van der Waals surface area contributed by atoms with Gasteiger partial charge in [0, 0.05) is 31.6 Å². The van der Waals surface area contributed by atoms with Gasteiger partial charge in [0.25, 0.3) is 0 Å². The van der Waals surface area contributed by atoms with Gasteiger partial charge in [-0.1, -0.05) is 23.4 Å². The van der Waals surface area contributed by atoms with Crippen molar-refractivity contribution in [2.75, 3.05) is 30.3 Å². The number of rotatable bonds is 5. The summed E-state index contributed by atoms with van der Waals surface area (Å²) in [4.78, 5) is 9.22. The van der Waals surface area contributed by atoms with Crippen LogP contribution in [0.15, 0.2) is 12.1 Å². The summed E-state index contributed by atoms with van der Waals surface area (Å²) in [5, 5.41) is 7.00. The lowest BCUT2D eigenvalue weighted by Gasteiger charge is -2.11. The molecule has 0 saturated heterocycles. The molecule has 0 unspecified atom stereocenters. The first-order valence-corrected chi connectivity index (χ1v) is 7.75. The van der Waals surface area contributed by atoms with Crippen LogP contribution in [-0.2, 0) is 0 Å². The molecule has 0 amide bonds. The van der Waals surface area contributed by atoms with E-state index in [0.29, 0.717) is 18.0 Å². The molecular formula is C16H20ClN5. The minimum atomic E-state index is 0.536. The van der Waals surface area contributed by atoms with Crippen LogP contribution in [0, 0.1) is 11.8 Å². The van der Waals surface area contributed by atoms with Crippen LogP contribution in [0.3, 0.4) is 0 Å². The van der Waals surface area contributed by atoms with Crippen LogP contribution in [0.2, 0.25) is 5.02 Å². The van der Waals surface area contributed by atoms with Crippen LogP contribution in [0.4, 0.5) is 11.6 Å². The Hall–Kier alpha value is -2.03. The summed E-state index contributed by atoms with van der Waals surface area (Å²) in [7, 11) is 0. The summed E-state index contributed by atoms with van der Waals surface area (Å²) < 4.78 is 0. The van der Waals surface area contributed by atoms with Crippen molar-refractivity contribution in [3.8, 4) is 11.8 Å². The van der Waals surface area contributed by atoms with E-state index in [1.807, 2.05) is 19.9 Å². The minimum Gasteiger partial charge on any atom is -0.367 e. The zero-order valence-corrected chi connectivity index (χ0v) is 13.6. The second kappa shape index (κ2) is 7.83. The highest BCUT2D eigenvalue weighted by atomic mass is 35.5. The zero-order valence-electron chi connectivity index (χ0n) is 12.8. The van der Waals surface area contributed by atoms with E-state index < -0.39 is 0 Å². The van der Waals surface area contributed by atoms with Crippen molar-refractivity contribution in [1.29, 1.82) is 0 Å². The molecule has 0 aliphatic carbocycles. The van der Waals surface area contributed by atoms with Crippen molar-refractivity contribution in [1.82, 2.24) is 9.97 Å².